The number of hydrazone groups is 1. The minimum atomic E-state index is -3.99. The highest BCUT2D eigenvalue weighted by atomic mass is 32.2. The summed E-state index contributed by atoms with van der Waals surface area (Å²) in [6, 6.07) is 32.2. The molecule has 0 aliphatic carbocycles. The summed E-state index contributed by atoms with van der Waals surface area (Å²) in [5.41, 5.74) is 4.87. The van der Waals surface area contributed by atoms with Crippen LogP contribution in [0, 0.1) is 0 Å². The van der Waals surface area contributed by atoms with E-state index in [1.165, 1.54) is 25.5 Å². The Bertz CT molecular complexity index is 1490. The number of carbonyl (C=O) groups excluding carboxylic acids is 1. The van der Waals surface area contributed by atoms with Gasteiger partial charge in [0.2, 0.25) is 10.0 Å². The first kappa shape index (κ1) is 27.6. The molecule has 0 spiro atoms. The van der Waals surface area contributed by atoms with Gasteiger partial charge in [-0.15, -0.1) is 0 Å². The molecule has 0 saturated carbocycles. The molecule has 1 N–H and O–H groups in total. The van der Waals surface area contributed by atoms with Crippen LogP contribution in [0.1, 0.15) is 16.7 Å². The predicted molar refractivity (Wildman–Crippen MR) is 150 cm³/mol. The molecule has 8 nitrogen and oxygen atoms in total. The quantitative estimate of drug-likeness (QED) is 0.208. The highest BCUT2D eigenvalue weighted by Crippen LogP contribution is 2.21. The second-order valence-corrected chi connectivity index (χ2v) is 10.5. The summed E-state index contributed by atoms with van der Waals surface area (Å²) in [4.78, 5) is 12.9. The van der Waals surface area contributed by atoms with E-state index in [0.29, 0.717) is 23.7 Å². The Labute approximate surface area is 228 Å². The average Bonchev–Trinajstić information content (AvgIpc) is 2.97. The summed E-state index contributed by atoms with van der Waals surface area (Å²) in [7, 11) is -2.49. The molecule has 0 bridgehead atoms. The van der Waals surface area contributed by atoms with Gasteiger partial charge >= 0.3 is 0 Å². The minimum Gasteiger partial charge on any atom is -0.497 e. The topological polar surface area (TPSA) is 97.3 Å². The monoisotopic (exact) mass is 543 g/mol. The van der Waals surface area contributed by atoms with Gasteiger partial charge in [0, 0.05) is 12.1 Å². The molecule has 0 heterocycles. The van der Waals surface area contributed by atoms with E-state index < -0.39 is 22.5 Å². The molecule has 0 radical (unpaired) electrons. The van der Waals surface area contributed by atoms with E-state index in [9.17, 15) is 13.2 Å². The summed E-state index contributed by atoms with van der Waals surface area (Å²) in [6.45, 7) is -0.0229. The molecule has 0 aromatic heterocycles. The molecule has 0 aliphatic heterocycles. The van der Waals surface area contributed by atoms with Crippen molar-refractivity contribution in [3.63, 3.8) is 0 Å². The van der Waals surface area contributed by atoms with Gasteiger partial charge in [-0.05, 0) is 47.5 Å². The highest BCUT2D eigenvalue weighted by molar-refractivity contribution is 7.89. The highest BCUT2D eigenvalue weighted by Gasteiger charge is 2.27. The Kier molecular flexibility index (Phi) is 9.44. The van der Waals surface area contributed by atoms with Gasteiger partial charge in [0.15, 0.2) is 0 Å². The van der Waals surface area contributed by atoms with Crippen molar-refractivity contribution in [2.24, 2.45) is 5.10 Å². The fraction of sp³-hybridized carbons (Fsp3) is 0.133. The van der Waals surface area contributed by atoms with Gasteiger partial charge < -0.3 is 9.47 Å². The van der Waals surface area contributed by atoms with Crippen LogP contribution in [-0.4, -0.2) is 38.5 Å². The van der Waals surface area contributed by atoms with E-state index in [2.05, 4.69) is 10.5 Å². The summed E-state index contributed by atoms with van der Waals surface area (Å²) in [5, 5.41) is 4.05. The van der Waals surface area contributed by atoms with Gasteiger partial charge in [0.25, 0.3) is 5.91 Å². The Morgan fingerprint density at radius 3 is 2.13 bits per heavy atom. The van der Waals surface area contributed by atoms with Crippen molar-refractivity contribution in [3.8, 4) is 11.5 Å². The summed E-state index contributed by atoms with van der Waals surface area (Å²) >= 11 is 0. The maximum absolute atomic E-state index is 13.5. The van der Waals surface area contributed by atoms with Crippen LogP contribution >= 0.6 is 0 Å². The van der Waals surface area contributed by atoms with Gasteiger partial charge in [-0.25, -0.2) is 13.8 Å². The van der Waals surface area contributed by atoms with Crippen molar-refractivity contribution in [2.75, 3.05) is 13.7 Å². The Balaban J connectivity index is 1.45. The van der Waals surface area contributed by atoms with E-state index in [-0.39, 0.29) is 11.4 Å². The molecule has 0 unspecified atom stereocenters. The third-order valence-corrected chi connectivity index (χ3v) is 7.57. The number of nitrogens with zero attached hydrogens (tertiary/aromatic N) is 2. The minimum absolute atomic E-state index is 0.0164. The van der Waals surface area contributed by atoms with Crippen molar-refractivity contribution < 1.29 is 22.7 Å². The first-order valence-electron chi connectivity index (χ1n) is 12.2. The molecular formula is C30H29N3O5S. The van der Waals surface area contributed by atoms with Gasteiger partial charge in [0.1, 0.15) is 18.1 Å². The van der Waals surface area contributed by atoms with Crippen LogP contribution in [0.3, 0.4) is 0 Å². The number of para-hydroxylation sites is 1. The number of hydrogen-bond acceptors (Lipinski definition) is 6. The first-order chi connectivity index (χ1) is 19.0. The molecule has 0 saturated heterocycles. The van der Waals surface area contributed by atoms with Gasteiger partial charge in [-0.1, -0.05) is 72.8 Å². The Morgan fingerprint density at radius 2 is 1.46 bits per heavy atom. The van der Waals surface area contributed by atoms with Crippen molar-refractivity contribution in [1.29, 1.82) is 0 Å². The zero-order valence-electron chi connectivity index (χ0n) is 21.4. The van der Waals surface area contributed by atoms with E-state index in [1.54, 1.807) is 24.3 Å². The molecule has 0 fully saturated rings. The molecule has 4 aromatic rings. The van der Waals surface area contributed by atoms with Crippen LogP contribution in [0.5, 0.6) is 11.5 Å². The molecule has 39 heavy (non-hydrogen) atoms. The molecular weight excluding hydrogens is 514 g/mol. The third kappa shape index (κ3) is 7.76. The zero-order valence-corrected chi connectivity index (χ0v) is 22.3. The van der Waals surface area contributed by atoms with Crippen LogP contribution in [-0.2, 0) is 28.0 Å². The van der Waals surface area contributed by atoms with Crippen LogP contribution in [0.15, 0.2) is 119 Å². The smallest absolute Gasteiger partial charge is 0.255 e. The lowest BCUT2D eigenvalue weighted by Crippen LogP contribution is -2.39. The number of hydrogen-bond donors (Lipinski definition) is 1. The summed E-state index contributed by atoms with van der Waals surface area (Å²) in [5.74, 6) is 0.553. The second kappa shape index (κ2) is 13.4. The van der Waals surface area contributed by atoms with Gasteiger partial charge in [-0.3, -0.25) is 4.79 Å². The number of methoxy groups -OCH3 is 1. The number of carbonyl (C=O) groups is 1. The molecule has 200 valence electrons. The van der Waals surface area contributed by atoms with Crippen LogP contribution in [0.2, 0.25) is 0 Å². The lowest BCUT2D eigenvalue weighted by atomic mass is 10.2. The lowest BCUT2D eigenvalue weighted by molar-refractivity contribution is -0.121. The van der Waals surface area contributed by atoms with Crippen LogP contribution in [0.25, 0.3) is 0 Å². The number of rotatable bonds is 12. The number of amides is 1. The van der Waals surface area contributed by atoms with Gasteiger partial charge in [-0.2, -0.15) is 9.41 Å². The number of benzene rings is 4. The number of nitrogens with one attached hydrogen (secondary N) is 1. The predicted octanol–water partition coefficient (Wildman–Crippen LogP) is 4.62. The second-order valence-electron chi connectivity index (χ2n) is 8.54. The van der Waals surface area contributed by atoms with Crippen LogP contribution in [0.4, 0.5) is 0 Å². The van der Waals surface area contributed by atoms with E-state index in [4.69, 9.17) is 9.47 Å². The molecule has 4 aromatic carbocycles. The summed E-state index contributed by atoms with van der Waals surface area (Å²) < 4.78 is 39.1. The molecule has 4 rings (SSSR count). The molecule has 0 atom stereocenters. The Morgan fingerprint density at radius 1 is 0.846 bits per heavy atom. The standard InChI is InChI=1S/C30H29N3O5S/c1-37-27-16-18-28(19-17-27)39(35,36)33(21-24-10-4-2-5-11-24)22-30(34)32-31-20-26-14-8-9-15-29(26)38-23-25-12-6-3-7-13-25/h2-20H,21-23H2,1H3,(H,32,34)/b31-20+. The Hall–Kier alpha value is -4.47. The normalized spacial score (nSPS) is 11.4. The van der Waals surface area contributed by atoms with E-state index >= 15 is 0 Å². The van der Waals surface area contributed by atoms with Crippen LogP contribution < -0.4 is 14.9 Å². The maximum atomic E-state index is 13.5. The number of sulfonamides is 1. The summed E-state index contributed by atoms with van der Waals surface area (Å²) in [6.07, 6.45) is 1.47. The molecule has 9 heteroatoms. The first-order valence-corrected chi connectivity index (χ1v) is 13.7. The fourth-order valence-electron chi connectivity index (χ4n) is 3.73. The maximum Gasteiger partial charge on any atom is 0.255 e. The van der Waals surface area contributed by atoms with Crippen molar-refractivity contribution >= 4 is 22.1 Å². The van der Waals surface area contributed by atoms with E-state index in [1.807, 2.05) is 72.8 Å². The lowest BCUT2D eigenvalue weighted by Gasteiger charge is -2.21. The third-order valence-electron chi connectivity index (χ3n) is 5.77. The van der Waals surface area contributed by atoms with Crippen molar-refractivity contribution in [3.05, 3.63) is 126 Å². The number of ether oxygens (including phenoxy) is 2. The van der Waals surface area contributed by atoms with Gasteiger partial charge in [0.05, 0.1) is 24.8 Å². The SMILES string of the molecule is COc1ccc(S(=O)(=O)N(CC(=O)N/N=C/c2ccccc2OCc2ccccc2)Cc2ccccc2)cc1. The molecule has 0 aliphatic rings. The molecule has 1 amide bonds. The zero-order chi connectivity index (χ0) is 27.5. The average molecular weight is 544 g/mol. The van der Waals surface area contributed by atoms with Crippen molar-refractivity contribution in [2.45, 2.75) is 18.0 Å². The fourth-order valence-corrected chi connectivity index (χ4v) is 5.12. The van der Waals surface area contributed by atoms with Crippen molar-refractivity contribution in [1.82, 2.24) is 9.73 Å². The largest absolute Gasteiger partial charge is 0.497 e. The van der Waals surface area contributed by atoms with E-state index in [0.717, 1.165) is 15.4 Å².